The second kappa shape index (κ2) is 2.19. The molecule has 0 amide bonds. The van der Waals surface area contributed by atoms with Crippen molar-refractivity contribution in [1.29, 1.82) is 0 Å². The minimum atomic E-state index is 0.290. The van der Waals surface area contributed by atoms with Crippen molar-refractivity contribution in [3.05, 3.63) is 0 Å². The zero-order chi connectivity index (χ0) is 7.19. The molecule has 0 aromatic rings. The van der Waals surface area contributed by atoms with Crippen LogP contribution in [0.1, 0.15) is 19.8 Å². The second-order valence-electron chi connectivity index (χ2n) is 3.70. The topological polar surface area (TPSA) is 9.23 Å². The molecule has 1 nitrogen and oxygen atoms in total. The summed E-state index contributed by atoms with van der Waals surface area (Å²) in [6.07, 6.45) is 2.89. The maximum atomic E-state index is 5.55. The lowest BCUT2D eigenvalue weighted by Crippen LogP contribution is -2.29. The summed E-state index contributed by atoms with van der Waals surface area (Å²) in [5.74, 6) is 0. The molecule has 2 heteroatoms. The Labute approximate surface area is 63.9 Å². The van der Waals surface area contributed by atoms with E-state index in [0.29, 0.717) is 5.16 Å². The minimum Gasteiger partial charge on any atom is -0.380 e. The maximum Gasteiger partial charge on any atom is 0.0562 e. The molecule has 1 spiro atoms. The lowest BCUT2D eigenvalue weighted by molar-refractivity contribution is 0.121. The van der Waals surface area contributed by atoms with E-state index in [0.717, 1.165) is 18.9 Å². The van der Waals surface area contributed by atoms with Crippen LogP contribution in [0.25, 0.3) is 0 Å². The van der Waals surface area contributed by atoms with Gasteiger partial charge in [0.15, 0.2) is 0 Å². The van der Waals surface area contributed by atoms with Gasteiger partial charge in [-0.05, 0) is 19.5 Å². The van der Waals surface area contributed by atoms with Crippen molar-refractivity contribution in [1.82, 2.24) is 0 Å². The van der Waals surface area contributed by atoms with E-state index in [1.54, 1.807) is 0 Å². The van der Waals surface area contributed by atoms with Crippen molar-refractivity contribution in [3.8, 4) is 0 Å². The highest BCUT2D eigenvalue weighted by molar-refractivity contribution is 7.59. The average Bonchev–Trinajstić information content (AvgIpc) is 2.65. The molecule has 2 atom stereocenters. The molecule has 0 N–H and O–H groups in total. The van der Waals surface area contributed by atoms with E-state index < -0.39 is 0 Å². The predicted molar refractivity (Wildman–Crippen MR) is 45.1 cm³/mol. The first kappa shape index (κ1) is 7.06. The highest BCUT2D eigenvalue weighted by Crippen LogP contribution is 2.66. The van der Waals surface area contributed by atoms with Crippen LogP contribution in [-0.2, 0) is 4.74 Å². The zero-order valence-electron chi connectivity index (χ0n) is 6.76. The Hall–Kier alpha value is 0.390. The first-order valence-electron chi connectivity index (χ1n) is 4.05. The van der Waals surface area contributed by atoms with E-state index in [4.69, 9.17) is 4.74 Å². The molecular formula is C8H15OP. The summed E-state index contributed by atoms with van der Waals surface area (Å²) >= 11 is 0. The summed E-state index contributed by atoms with van der Waals surface area (Å²) in [5.41, 5.74) is 0.853. The van der Waals surface area contributed by atoms with Crippen molar-refractivity contribution in [2.24, 2.45) is 0 Å². The Balaban J connectivity index is 2.07. The standard InChI is InChI=1S/C8H15OP/c1-7-5-9-6-8(3-4-8)10(7)2/h7H,3-6H2,1-2H3. The van der Waals surface area contributed by atoms with Crippen molar-refractivity contribution >= 4 is 7.92 Å². The average molecular weight is 158 g/mol. The van der Waals surface area contributed by atoms with E-state index in [1.807, 2.05) is 0 Å². The Kier molecular flexibility index (Phi) is 1.54. The van der Waals surface area contributed by atoms with Crippen LogP contribution in [0.5, 0.6) is 0 Å². The summed E-state index contributed by atoms with van der Waals surface area (Å²) in [4.78, 5) is 0. The molecule has 58 valence electrons. The largest absolute Gasteiger partial charge is 0.380 e. The summed E-state index contributed by atoms with van der Waals surface area (Å²) in [6.45, 7) is 6.88. The summed E-state index contributed by atoms with van der Waals surface area (Å²) in [5, 5.41) is 0.701. The first-order valence-corrected chi connectivity index (χ1v) is 5.91. The van der Waals surface area contributed by atoms with E-state index in [1.165, 1.54) is 12.8 Å². The van der Waals surface area contributed by atoms with E-state index >= 15 is 0 Å². The Morgan fingerprint density at radius 3 is 2.70 bits per heavy atom. The number of ether oxygens (including phenoxy) is 1. The Morgan fingerprint density at radius 2 is 2.20 bits per heavy atom. The van der Waals surface area contributed by atoms with Gasteiger partial charge in [-0.3, -0.25) is 0 Å². The molecule has 2 fully saturated rings. The molecule has 1 saturated carbocycles. The lowest BCUT2D eigenvalue weighted by Gasteiger charge is -2.34. The Morgan fingerprint density at radius 1 is 1.50 bits per heavy atom. The minimum absolute atomic E-state index is 0.290. The second-order valence-corrected chi connectivity index (χ2v) is 6.75. The highest BCUT2D eigenvalue weighted by atomic mass is 31.1. The van der Waals surface area contributed by atoms with Crippen LogP contribution in [0.2, 0.25) is 0 Å². The van der Waals surface area contributed by atoms with Crippen LogP contribution in [-0.4, -0.2) is 30.7 Å². The Bertz CT molecular complexity index is 142. The molecule has 10 heavy (non-hydrogen) atoms. The molecule has 0 bridgehead atoms. The van der Waals surface area contributed by atoms with Crippen LogP contribution in [0.3, 0.4) is 0 Å². The smallest absolute Gasteiger partial charge is 0.0562 e. The van der Waals surface area contributed by atoms with Crippen molar-refractivity contribution in [2.75, 3.05) is 19.9 Å². The number of rotatable bonds is 0. The number of hydrogen-bond acceptors (Lipinski definition) is 1. The van der Waals surface area contributed by atoms with E-state index in [-0.39, 0.29) is 7.92 Å². The van der Waals surface area contributed by atoms with Gasteiger partial charge < -0.3 is 4.74 Å². The molecule has 2 aliphatic rings. The van der Waals surface area contributed by atoms with Crippen LogP contribution in [0.4, 0.5) is 0 Å². The summed E-state index contributed by atoms with van der Waals surface area (Å²) < 4.78 is 5.55. The van der Waals surface area contributed by atoms with Crippen molar-refractivity contribution < 1.29 is 4.74 Å². The molecular weight excluding hydrogens is 143 g/mol. The van der Waals surface area contributed by atoms with Gasteiger partial charge in [0, 0.05) is 10.8 Å². The SMILES string of the molecule is CC1COCC2(CC2)P1C. The normalized spacial score (nSPS) is 43.8. The zero-order valence-corrected chi connectivity index (χ0v) is 7.66. The molecule has 0 aromatic carbocycles. The molecule has 0 radical (unpaired) electrons. The van der Waals surface area contributed by atoms with Gasteiger partial charge in [-0.1, -0.05) is 14.8 Å². The van der Waals surface area contributed by atoms with Gasteiger partial charge in [-0.2, -0.15) is 0 Å². The van der Waals surface area contributed by atoms with E-state index in [2.05, 4.69) is 13.6 Å². The molecule has 1 heterocycles. The van der Waals surface area contributed by atoms with Gasteiger partial charge in [-0.15, -0.1) is 0 Å². The maximum absolute atomic E-state index is 5.55. The fourth-order valence-electron chi connectivity index (χ4n) is 1.74. The molecule has 1 saturated heterocycles. The third-order valence-corrected chi connectivity index (χ3v) is 6.51. The van der Waals surface area contributed by atoms with Crippen LogP contribution in [0.15, 0.2) is 0 Å². The fourth-order valence-corrected chi connectivity index (χ4v) is 4.12. The van der Waals surface area contributed by atoms with Crippen molar-refractivity contribution in [2.45, 2.75) is 30.6 Å². The monoisotopic (exact) mass is 158 g/mol. The quantitative estimate of drug-likeness (QED) is 0.490. The number of hydrogen-bond donors (Lipinski definition) is 0. The van der Waals surface area contributed by atoms with Gasteiger partial charge in [-0.25, -0.2) is 0 Å². The molecule has 1 aliphatic carbocycles. The van der Waals surface area contributed by atoms with Gasteiger partial charge in [0.05, 0.1) is 13.2 Å². The highest BCUT2D eigenvalue weighted by Gasteiger charge is 2.51. The fraction of sp³-hybridized carbons (Fsp3) is 1.00. The third-order valence-electron chi connectivity index (χ3n) is 2.97. The van der Waals surface area contributed by atoms with Crippen LogP contribution in [0, 0.1) is 0 Å². The predicted octanol–water partition coefficient (Wildman–Crippen LogP) is 2.05. The third kappa shape index (κ3) is 0.914. The van der Waals surface area contributed by atoms with Gasteiger partial charge in [0.1, 0.15) is 0 Å². The van der Waals surface area contributed by atoms with Crippen molar-refractivity contribution in [3.63, 3.8) is 0 Å². The molecule has 0 aromatic heterocycles. The summed E-state index contributed by atoms with van der Waals surface area (Å²) in [7, 11) is 0.290. The molecule has 1 aliphatic heterocycles. The molecule has 2 unspecified atom stereocenters. The van der Waals surface area contributed by atoms with Crippen LogP contribution >= 0.6 is 7.92 Å². The van der Waals surface area contributed by atoms with Crippen LogP contribution < -0.4 is 0 Å². The summed E-state index contributed by atoms with van der Waals surface area (Å²) in [6, 6.07) is 0. The molecule has 2 rings (SSSR count). The van der Waals surface area contributed by atoms with Gasteiger partial charge >= 0.3 is 0 Å². The van der Waals surface area contributed by atoms with E-state index in [9.17, 15) is 0 Å². The van der Waals surface area contributed by atoms with Gasteiger partial charge in [0.25, 0.3) is 0 Å². The van der Waals surface area contributed by atoms with Gasteiger partial charge in [0.2, 0.25) is 0 Å². The first-order chi connectivity index (χ1) is 4.75. The lowest BCUT2D eigenvalue weighted by atomic mass is 10.4.